The number of rotatable bonds is 0. The lowest BCUT2D eigenvalue weighted by atomic mass is 9.68. The van der Waals surface area contributed by atoms with Crippen LogP contribution >= 0.6 is 0 Å². The van der Waals surface area contributed by atoms with Crippen molar-refractivity contribution < 1.29 is 9.90 Å². The zero-order valence-electron chi connectivity index (χ0n) is 8.92. The van der Waals surface area contributed by atoms with Gasteiger partial charge in [0.2, 0.25) is 5.91 Å². The molecular weight excluding hydrogens is 204 g/mol. The van der Waals surface area contributed by atoms with E-state index in [9.17, 15) is 9.90 Å². The number of para-hydroxylation sites is 1. The molecular formula is C12H14N2O2. The third-order valence-corrected chi connectivity index (χ3v) is 3.69. The highest BCUT2D eigenvalue weighted by Gasteiger charge is 2.45. The maximum absolute atomic E-state index is 12.1. The molecule has 1 aliphatic heterocycles. The summed E-state index contributed by atoms with van der Waals surface area (Å²) in [6.07, 6.45) is 2.97. The molecule has 1 aliphatic carbocycles. The van der Waals surface area contributed by atoms with Gasteiger partial charge in [-0.25, -0.2) is 0 Å². The van der Waals surface area contributed by atoms with E-state index in [1.54, 1.807) is 18.2 Å². The number of carbonyl (C=O) groups is 1. The van der Waals surface area contributed by atoms with Crippen LogP contribution in [0.25, 0.3) is 0 Å². The van der Waals surface area contributed by atoms with Gasteiger partial charge in [0.25, 0.3) is 0 Å². The quantitative estimate of drug-likeness (QED) is 0.583. The Morgan fingerprint density at radius 3 is 2.81 bits per heavy atom. The maximum Gasteiger partial charge on any atom is 0.232 e. The summed E-state index contributed by atoms with van der Waals surface area (Å²) in [7, 11) is 0. The number of amides is 1. The van der Waals surface area contributed by atoms with Crippen molar-refractivity contribution in [2.45, 2.75) is 19.3 Å². The average Bonchev–Trinajstić information content (AvgIpc) is 2.34. The predicted octanol–water partition coefficient (Wildman–Crippen LogP) is 1.93. The number of phenols is 1. The van der Waals surface area contributed by atoms with Crippen molar-refractivity contribution in [1.82, 2.24) is 0 Å². The second-order valence-corrected chi connectivity index (χ2v) is 4.64. The van der Waals surface area contributed by atoms with Crippen LogP contribution in [0.15, 0.2) is 18.2 Å². The molecule has 1 fully saturated rings. The Morgan fingerprint density at radius 2 is 2.12 bits per heavy atom. The molecule has 84 valence electrons. The van der Waals surface area contributed by atoms with Gasteiger partial charge in [-0.3, -0.25) is 4.79 Å². The van der Waals surface area contributed by atoms with Crippen LogP contribution in [0.4, 0.5) is 11.4 Å². The molecule has 4 heteroatoms. The van der Waals surface area contributed by atoms with Crippen LogP contribution in [0.3, 0.4) is 0 Å². The maximum atomic E-state index is 12.1. The van der Waals surface area contributed by atoms with Crippen molar-refractivity contribution in [2.24, 2.45) is 5.41 Å². The van der Waals surface area contributed by atoms with Crippen LogP contribution in [0.5, 0.6) is 5.75 Å². The number of hydrogen-bond acceptors (Lipinski definition) is 3. The van der Waals surface area contributed by atoms with E-state index in [-0.39, 0.29) is 17.1 Å². The van der Waals surface area contributed by atoms with Crippen LogP contribution in [-0.2, 0) is 4.79 Å². The molecule has 3 rings (SSSR count). The largest absolute Gasteiger partial charge is 0.506 e. The fourth-order valence-corrected chi connectivity index (χ4v) is 2.43. The van der Waals surface area contributed by atoms with Gasteiger partial charge in [-0.1, -0.05) is 12.5 Å². The monoisotopic (exact) mass is 218 g/mol. The zero-order valence-corrected chi connectivity index (χ0v) is 8.92. The van der Waals surface area contributed by atoms with Crippen LogP contribution in [-0.4, -0.2) is 17.6 Å². The third kappa shape index (κ3) is 1.19. The number of aromatic hydroxyl groups is 1. The van der Waals surface area contributed by atoms with Gasteiger partial charge >= 0.3 is 0 Å². The molecule has 16 heavy (non-hydrogen) atoms. The predicted molar refractivity (Wildman–Crippen MR) is 61.5 cm³/mol. The molecule has 0 radical (unpaired) electrons. The summed E-state index contributed by atoms with van der Waals surface area (Å²) in [5.41, 5.74) is 1.05. The van der Waals surface area contributed by atoms with Gasteiger partial charge < -0.3 is 15.7 Å². The molecule has 2 aliphatic rings. The number of nitrogens with one attached hydrogen (secondary N) is 2. The van der Waals surface area contributed by atoms with Crippen LogP contribution < -0.4 is 10.6 Å². The number of fused-ring (bicyclic) bond motifs is 1. The number of hydrogen-bond donors (Lipinski definition) is 3. The van der Waals surface area contributed by atoms with Crippen LogP contribution in [0.2, 0.25) is 0 Å². The van der Waals surface area contributed by atoms with Crippen molar-refractivity contribution in [3.63, 3.8) is 0 Å². The van der Waals surface area contributed by atoms with E-state index in [2.05, 4.69) is 10.6 Å². The van der Waals surface area contributed by atoms with Gasteiger partial charge in [0.15, 0.2) is 0 Å². The first kappa shape index (κ1) is 9.51. The fourth-order valence-electron chi connectivity index (χ4n) is 2.43. The summed E-state index contributed by atoms with van der Waals surface area (Å²) in [6, 6.07) is 5.16. The van der Waals surface area contributed by atoms with Crippen LogP contribution in [0.1, 0.15) is 19.3 Å². The van der Waals surface area contributed by atoms with Crippen molar-refractivity contribution >= 4 is 17.3 Å². The Balaban J connectivity index is 2.00. The molecule has 4 nitrogen and oxygen atoms in total. The minimum Gasteiger partial charge on any atom is -0.506 e. The van der Waals surface area contributed by atoms with Gasteiger partial charge in [0, 0.05) is 6.54 Å². The molecule has 1 spiro atoms. The molecule has 1 saturated carbocycles. The minimum absolute atomic E-state index is 0.0793. The Hall–Kier alpha value is -1.71. The number of phenolic OH excluding ortho intramolecular Hbond substituents is 1. The van der Waals surface area contributed by atoms with E-state index in [0.717, 1.165) is 19.3 Å². The van der Waals surface area contributed by atoms with Gasteiger partial charge in [-0.2, -0.15) is 0 Å². The van der Waals surface area contributed by atoms with Crippen molar-refractivity contribution in [1.29, 1.82) is 0 Å². The first-order chi connectivity index (χ1) is 7.71. The molecule has 1 heterocycles. The Labute approximate surface area is 93.7 Å². The zero-order chi connectivity index (χ0) is 11.2. The highest BCUT2D eigenvalue weighted by Crippen LogP contribution is 2.45. The van der Waals surface area contributed by atoms with Crippen LogP contribution in [0, 0.1) is 5.41 Å². The van der Waals surface area contributed by atoms with Gasteiger partial charge in [-0.15, -0.1) is 0 Å². The topological polar surface area (TPSA) is 61.4 Å². The first-order valence-corrected chi connectivity index (χ1v) is 5.59. The lowest BCUT2D eigenvalue weighted by Crippen LogP contribution is -2.45. The molecule has 0 saturated heterocycles. The van der Waals surface area contributed by atoms with Gasteiger partial charge in [-0.05, 0) is 25.0 Å². The summed E-state index contributed by atoms with van der Waals surface area (Å²) >= 11 is 0. The molecule has 3 N–H and O–H groups in total. The molecule has 1 amide bonds. The van der Waals surface area contributed by atoms with E-state index in [1.807, 2.05) is 0 Å². The van der Waals surface area contributed by atoms with E-state index in [0.29, 0.717) is 17.9 Å². The van der Waals surface area contributed by atoms with E-state index in [4.69, 9.17) is 0 Å². The van der Waals surface area contributed by atoms with E-state index < -0.39 is 0 Å². The van der Waals surface area contributed by atoms with Gasteiger partial charge in [0.05, 0.1) is 11.1 Å². The van der Waals surface area contributed by atoms with Crippen molar-refractivity contribution in [3.05, 3.63) is 18.2 Å². The smallest absolute Gasteiger partial charge is 0.232 e. The Morgan fingerprint density at radius 1 is 1.31 bits per heavy atom. The standard InChI is InChI=1S/C12H14N2O2/c15-9-4-1-3-8-10(9)13-7-12(5-2-6-12)11(16)14-8/h1,3-4,13,15H,2,5-7H2,(H,14,16). The minimum atomic E-state index is -0.258. The van der Waals surface area contributed by atoms with Gasteiger partial charge in [0.1, 0.15) is 11.4 Å². The summed E-state index contributed by atoms with van der Waals surface area (Å²) < 4.78 is 0. The molecule has 1 aromatic rings. The fraction of sp³-hybridized carbons (Fsp3) is 0.417. The van der Waals surface area contributed by atoms with Crippen molar-refractivity contribution in [2.75, 3.05) is 17.2 Å². The van der Waals surface area contributed by atoms with E-state index >= 15 is 0 Å². The second kappa shape index (κ2) is 3.14. The molecule has 0 aromatic heterocycles. The van der Waals surface area contributed by atoms with Crippen molar-refractivity contribution in [3.8, 4) is 5.75 Å². The lowest BCUT2D eigenvalue weighted by molar-refractivity contribution is -0.129. The highest BCUT2D eigenvalue weighted by molar-refractivity contribution is 6.01. The highest BCUT2D eigenvalue weighted by atomic mass is 16.3. The number of anilines is 2. The summed E-state index contributed by atoms with van der Waals surface area (Å²) in [5, 5.41) is 15.8. The number of carbonyl (C=O) groups excluding carboxylic acids is 1. The summed E-state index contributed by atoms with van der Waals surface area (Å²) in [5.74, 6) is 0.268. The first-order valence-electron chi connectivity index (χ1n) is 5.59. The van der Waals surface area contributed by atoms with E-state index in [1.165, 1.54) is 0 Å². The molecule has 0 atom stereocenters. The molecule has 0 unspecified atom stereocenters. The number of benzene rings is 1. The Kier molecular flexibility index (Phi) is 1.87. The summed E-state index contributed by atoms with van der Waals surface area (Å²) in [6.45, 7) is 0.614. The average molecular weight is 218 g/mol. The third-order valence-electron chi connectivity index (χ3n) is 3.69. The SMILES string of the molecule is O=C1Nc2cccc(O)c2NCC12CCC2. The molecule has 0 bridgehead atoms. The molecule has 1 aromatic carbocycles. The lowest BCUT2D eigenvalue weighted by Gasteiger charge is -2.38. The summed E-state index contributed by atoms with van der Waals surface area (Å²) in [4.78, 5) is 12.1. The normalized spacial score (nSPS) is 21.4. The second-order valence-electron chi connectivity index (χ2n) is 4.64. The Bertz CT molecular complexity index is 452.